The van der Waals surface area contributed by atoms with E-state index in [-0.39, 0.29) is 12.3 Å². The van der Waals surface area contributed by atoms with Gasteiger partial charge < -0.3 is 14.2 Å². The van der Waals surface area contributed by atoms with Gasteiger partial charge in [-0.05, 0) is 31.6 Å². The second-order valence-electron chi connectivity index (χ2n) is 4.17. The van der Waals surface area contributed by atoms with Gasteiger partial charge >= 0.3 is 5.97 Å². The highest BCUT2D eigenvalue weighted by Gasteiger charge is 2.27. The van der Waals surface area contributed by atoms with E-state index in [4.69, 9.17) is 14.2 Å². The van der Waals surface area contributed by atoms with Crippen LogP contribution in [0.4, 0.5) is 0 Å². The molecule has 1 unspecified atom stereocenters. The van der Waals surface area contributed by atoms with E-state index < -0.39 is 0 Å². The second kappa shape index (κ2) is 5.46. The van der Waals surface area contributed by atoms with Crippen molar-refractivity contribution in [1.82, 2.24) is 0 Å². The summed E-state index contributed by atoms with van der Waals surface area (Å²) in [7, 11) is 1.43. The highest BCUT2D eigenvalue weighted by Crippen LogP contribution is 2.31. The van der Waals surface area contributed by atoms with Crippen molar-refractivity contribution in [3.05, 3.63) is 11.6 Å². The predicted molar refractivity (Wildman–Crippen MR) is 57.7 cm³/mol. The lowest BCUT2D eigenvalue weighted by Crippen LogP contribution is -2.15. The van der Waals surface area contributed by atoms with Crippen molar-refractivity contribution in [1.29, 1.82) is 0 Å². The van der Waals surface area contributed by atoms with Crippen LogP contribution in [0.3, 0.4) is 0 Å². The van der Waals surface area contributed by atoms with E-state index in [2.05, 4.69) is 0 Å². The van der Waals surface area contributed by atoms with Crippen LogP contribution in [0.5, 0.6) is 0 Å². The van der Waals surface area contributed by atoms with Gasteiger partial charge in [-0.1, -0.05) is 6.08 Å². The van der Waals surface area contributed by atoms with Crippen LogP contribution in [0.15, 0.2) is 11.6 Å². The number of carbonyl (C=O) groups excluding carboxylic acids is 1. The molecule has 2 rings (SSSR count). The van der Waals surface area contributed by atoms with Crippen LogP contribution in [-0.2, 0) is 19.0 Å². The van der Waals surface area contributed by atoms with Crippen LogP contribution in [0.1, 0.15) is 25.7 Å². The molecule has 0 amide bonds. The molecule has 0 spiro atoms. The lowest BCUT2D eigenvalue weighted by atomic mass is 9.96. The normalized spacial score (nSPS) is 25.8. The maximum Gasteiger partial charge on any atom is 0.333 e. The molecule has 1 heterocycles. The van der Waals surface area contributed by atoms with Crippen molar-refractivity contribution in [2.75, 3.05) is 20.3 Å². The molecule has 1 fully saturated rings. The molecule has 0 aromatic heterocycles. The van der Waals surface area contributed by atoms with Crippen molar-refractivity contribution in [2.45, 2.75) is 32.0 Å². The van der Waals surface area contributed by atoms with Crippen molar-refractivity contribution in [3.8, 4) is 0 Å². The quantitative estimate of drug-likeness (QED) is 0.684. The average molecular weight is 226 g/mol. The van der Waals surface area contributed by atoms with Gasteiger partial charge in [0.1, 0.15) is 0 Å². The lowest BCUT2D eigenvalue weighted by molar-refractivity contribution is -0.136. The van der Waals surface area contributed by atoms with E-state index in [1.54, 1.807) is 0 Å². The molecule has 0 saturated carbocycles. The lowest BCUT2D eigenvalue weighted by Gasteiger charge is -2.15. The Kier molecular flexibility index (Phi) is 3.96. The average Bonchev–Trinajstić information content (AvgIpc) is 2.96. The molecule has 1 aliphatic carbocycles. The van der Waals surface area contributed by atoms with E-state index in [0.29, 0.717) is 19.1 Å². The Bertz CT molecular complexity index is 279. The van der Waals surface area contributed by atoms with Gasteiger partial charge in [-0.15, -0.1) is 0 Å². The van der Waals surface area contributed by atoms with Gasteiger partial charge in [0, 0.05) is 5.57 Å². The molecule has 2 aliphatic rings. The Balaban J connectivity index is 1.80. The second-order valence-corrected chi connectivity index (χ2v) is 4.17. The van der Waals surface area contributed by atoms with Crippen LogP contribution in [0, 0.1) is 5.92 Å². The molecule has 0 aromatic carbocycles. The van der Waals surface area contributed by atoms with Gasteiger partial charge in [0.15, 0.2) is 6.29 Å². The number of carbonyl (C=O) groups is 1. The van der Waals surface area contributed by atoms with Gasteiger partial charge in [-0.3, -0.25) is 0 Å². The Hall–Kier alpha value is -0.870. The van der Waals surface area contributed by atoms with Crippen LogP contribution < -0.4 is 0 Å². The summed E-state index contributed by atoms with van der Waals surface area (Å²) in [5.74, 6) is 0.135. The summed E-state index contributed by atoms with van der Waals surface area (Å²) in [5, 5.41) is 0. The van der Waals surface area contributed by atoms with E-state index in [1.807, 2.05) is 6.08 Å². The molecule has 0 N–H and O–H groups in total. The zero-order chi connectivity index (χ0) is 11.4. The van der Waals surface area contributed by atoms with Gasteiger partial charge in [-0.2, -0.15) is 0 Å². The zero-order valence-corrected chi connectivity index (χ0v) is 9.61. The van der Waals surface area contributed by atoms with Gasteiger partial charge in [0.2, 0.25) is 0 Å². The highest BCUT2D eigenvalue weighted by atomic mass is 16.7. The van der Waals surface area contributed by atoms with Crippen molar-refractivity contribution in [3.63, 3.8) is 0 Å². The molecule has 16 heavy (non-hydrogen) atoms. The number of allylic oxidation sites excluding steroid dienone is 1. The SMILES string of the molecule is COC(=O)C1=CCCC1CCC1OCCO1. The molecule has 90 valence electrons. The van der Waals surface area contributed by atoms with Gasteiger partial charge in [0.05, 0.1) is 20.3 Å². The zero-order valence-electron chi connectivity index (χ0n) is 9.61. The molecular weight excluding hydrogens is 208 g/mol. The first kappa shape index (κ1) is 11.6. The summed E-state index contributed by atoms with van der Waals surface area (Å²) in [6.07, 6.45) is 5.73. The minimum absolute atomic E-state index is 0.0699. The fourth-order valence-corrected chi connectivity index (χ4v) is 2.34. The predicted octanol–water partition coefficient (Wildman–Crippen LogP) is 1.65. The third-order valence-corrected chi connectivity index (χ3v) is 3.18. The molecule has 4 heteroatoms. The van der Waals surface area contributed by atoms with E-state index >= 15 is 0 Å². The molecular formula is C12H18O4. The van der Waals surface area contributed by atoms with E-state index in [0.717, 1.165) is 31.3 Å². The summed E-state index contributed by atoms with van der Waals surface area (Å²) in [6.45, 7) is 1.38. The van der Waals surface area contributed by atoms with E-state index in [1.165, 1.54) is 7.11 Å². The fourth-order valence-electron chi connectivity index (χ4n) is 2.34. The number of rotatable bonds is 4. The Labute approximate surface area is 95.6 Å². The maximum atomic E-state index is 11.5. The van der Waals surface area contributed by atoms with Gasteiger partial charge in [0.25, 0.3) is 0 Å². The molecule has 0 bridgehead atoms. The minimum atomic E-state index is -0.184. The number of hydrogen-bond acceptors (Lipinski definition) is 4. The van der Waals surface area contributed by atoms with Crippen LogP contribution in [0.25, 0.3) is 0 Å². The largest absolute Gasteiger partial charge is 0.466 e. The Morgan fingerprint density at radius 2 is 2.19 bits per heavy atom. The number of ether oxygens (including phenoxy) is 3. The number of hydrogen-bond donors (Lipinski definition) is 0. The smallest absolute Gasteiger partial charge is 0.333 e. The Morgan fingerprint density at radius 1 is 1.44 bits per heavy atom. The minimum Gasteiger partial charge on any atom is -0.466 e. The van der Waals surface area contributed by atoms with Crippen molar-refractivity contribution < 1.29 is 19.0 Å². The molecule has 0 radical (unpaired) electrons. The summed E-state index contributed by atoms with van der Waals surface area (Å²) in [6, 6.07) is 0. The monoisotopic (exact) mass is 226 g/mol. The number of methoxy groups -OCH3 is 1. The highest BCUT2D eigenvalue weighted by molar-refractivity contribution is 5.89. The molecule has 0 aromatic rings. The third kappa shape index (κ3) is 2.62. The molecule has 1 aliphatic heterocycles. The Morgan fingerprint density at radius 3 is 2.88 bits per heavy atom. The van der Waals surface area contributed by atoms with Crippen LogP contribution >= 0.6 is 0 Å². The van der Waals surface area contributed by atoms with Crippen molar-refractivity contribution >= 4 is 5.97 Å². The summed E-state index contributed by atoms with van der Waals surface area (Å²) >= 11 is 0. The van der Waals surface area contributed by atoms with Gasteiger partial charge in [-0.25, -0.2) is 4.79 Å². The van der Waals surface area contributed by atoms with Crippen LogP contribution in [0.2, 0.25) is 0 Å². The van der Waals surface area contributed by atoms with Crippen LogP contribution in [-0.4, -0.2) is 32.6 Å². The van der Waals surface area contributed by atoms with Crippen molar-refractivity contribution in [2.24, 2.45) is 5.92 Å². The standard InChI is InChI=1S/C12H18O4/c1-14-12(13)10-4-2-3-9(10)5-6-11-15-7-8-16-11/h4,9,11H,2-3,5-8H2,1H3. The van der Waals surface area contributed by atoms with E-state index in [9.17, 15) is 4.79 Å². The first-order valence-electron chi connectivity index (χ1n) is 5.83. The third-order valence-electron chi connectivity index (χ3n) is 3.18. The first-order chi connectivity index (χ1) is 7.81. The number of esters is 1. The topological polar surface area (TPSA) is 44.8 Å². The molecule has 4 nitrogen and oxygen atoms in total. The molecule has 1 saturated heterocycles. The summed E-state index contributed by atoms with van der Waals surface area (Å²) in [5.41, 5.74) is 0.834. The first-order valence-corrected chi connectivity index (χ1v) is 5.83. The summed E-state index contributed by atoms with van der Waals surface area (Å²) in [4.78, 5) is 11.5. The fraction of sp³-hybridized carbons (Fsp3) is 0.750. The maximum absolute atomic E-state index is 11.5. The molecule has 1 atom stereocenters. The summed E-state index contributed by atoms with van der Waals surface area (Å²) < 4.78 is 15.5.